The van der Waals surface area contributed by atoms with Crippen molar-refractivity contribution in [3.05, 3.63) is 76.9 Å². The summed E-state index contributed by atoms with van der Waals surface area (Å²) in [6.07, 6.45) is 5.10. The molecule has 0 bridgehead atoms. The normalized spacial score (nSPS) is 16.2. The predicted octanol–water partition coefficient (Wildman–Crippen LogP) is 4.40. The van der Waals surface area contributed by atoms with E-state index < -0.39 is 12.1 Å². The van der Waals surface area contributed by atoms with Gasteiger partial charge in [0.15, 0.2) is 0 Å². The molecule has 0 radical (unpaired) electrons. The molecule has 0 aromatic heterocycles. The van der Waals surface area contributed by atoms with Crippen molar-refractivity contribution in [2.24, 2.45) is 5.92 Å². The molecule has 3 rings (SSSR count). The molecule has 0 saturated carbocycles. The summed E-state index contributed by atoms with van der Waals surface area (Å²) in [5, 5.41) is 22.9. The van der Waals surface area contributed by atoms with Crippen LogP contribution in [0.2, 0.25) is 0 Å². The standard InChI is InChI=1S/C27H35NO4/c1-19(25-11-7-6-8-21(25)12-13-26(30)31)32-18-24(29)17-28-27(2,3)16-20-14-22-9-4-5-10-23(22)15-20/h4-13,19-20,24,28-29H,14-18H2,1-3H3,(H,30,31)/b13-12+/t19-,24-/m1/s1. The molecule has 32 heavy (non-hydrogen) atoms. The van der Waals surface area contributed by atoms with Crippen molar-refractivity contribution >= 4 is 12.0 Å². The average molecular weight is 438 g/mol. The molecular formula is C27H35NO4. The second kappa shape index (κ2) is 10.9. The first-order valence-corrected chi connectivity index (χ1v) is 11.3. The number of β-amino-alcohol motifs (C(OH)–C–C–N with tert-alkyl or cyclic N) is 1. The Kier molecular flexibility index (Phi) is 8.24. The van der Waals surface area contributed by atoms with Gasteiger partial charge in [0.05, 0.1) is 18.8 Å². The lowest BCUT2D eigenvalue weighted by molar-refractivity contribution is -0.131. The minimum Gasteiger partial charge on any atom is -0.478 e. The van der Waals surface area contributed by atoms with E-state index in [4.69, 9.17) is 9.84 Å². The van der Waals surface area contributed by atoms with Crippen LogP contribution in [0.25, 0.3) is 6.08 Å². The molecule has 0 aliphatic heterocycles. The van der Waals surface area contributed by atoms with Crippen LogP contribution in [0, 0.1) is 5.92 Å². The van der Waals surface area contributed by atoms with Crippen LogP contribution in [0.4, 0.5) is 0 Å². The number of carbonyl (C=O) groups is 1. The molecule has 3 N–H and O–H groups in total. The first kappa shape index (κ1) is 24.2. The number of rotatable bonds is 11. The third-order valence-corrected chi connectivity index (χ3v) is 6.13. The van der Waals surface area contributed by atoms with Gasteiger partial charge in [-0.25, -0.2) is 4.79 Å². The Labute approximate surface area is 191 Å². The first-order chi connectivity index (χ1) is 15.2. The Morgan fingerprint density at radius 3 is 2.44 bits per heavy atom. The predicted molar refractivity (Wildman–Crippen MR) is 128 cm³/mol. The summed E-state index contributed by atoms with van der Waals surface area (Å²) in [4.78, 5) is 10.8. The molecule has 0 fully saturated rings. The summed E-state index contributed by atoms with van der Waals surface area (Å²) in [6.45, 7) is 6.96. The van der Waals surface area contributed by atoms with Crippen molar-refractivity contribution in [2.75, 3.05) is 13.2 Å². The number of hydrogen-bond acceptors (Lipinski definition) is 4. The van der Waals surface area contributed by atoms with Gasteiger partial charge in [-0.15, -0.1) is 0 Å². The van der Waals surface area contributed by atoms with Crippen LogP contribution in [-0.2, 0) is 22.4 Å². The lowest BCUT2D eigenvalue weighted by Gasteiger charge is -2.31. The Balaban J connectivity index is 1.45. The van der Waals surface area contributed by atoms with E-state index in [-0.39, 0.29) is 18.2 Å². The lowest BCUT2D eigenvalue weighted by Crippen LogP contribution is -2.45. The first-order valence-electron chi connectivity index (χ1n) is 11.3. The monoisotopic (exact) mass is 437 g/mol. The van der Waals surface area contributed by atoms with Crippen LogP contribution >= 0.6 is 0 Å². The highest BCUT2D eigenvalue weighted by atomic mass is 16.5. The van der Waals surface area contributed by atoms with Crippen LogP contribution in [0.5, 0.6) is 0 Å². The van der Waals surface area contributed by atoms with E-state index in [0.717, 1.165) is 36.5 Å². The van der Waals surface area contributed by atoms with E-state index in [9.17, 15) is 9.90 Å². The zero-order valence-corrected chi connectivity index (χ0v) is 19.3. The van der Waals surface area contributed by atoms with Crippen LogP contribution in [0.15, 0.2) is 54.6 Å². The van der Waals surface area contributed by atoms with Gasteiger partial charge in [-0.1, -0.05) is 48.5 Å². The number of carboxylic acids is 1. The zero-order valence-electron chi connectivity index (χ0n) is 19.3. The highest BCUT2D eigenvalue weighted by molar-refractivity contribution is 5.85. The van der Waals surface area contributed by atoms with E-state index in [1.165, 1.54) is 11.1 Å². The Morgan fingerprint density at radius 2 is 1.78 bits per heavy atom. The molecular weight excluding hydrogens is 402 g/mol. The van der Waals surface area contributed by atoms with Gasteiger partial charge in [0.1, 0.15) is 0 Å². The van der Waals surface area contributed by atoms with Gasteiger partial charge in [-0.3, -0.25) is 0 Å². The van der Waals surface area contributed by atoms with Gasteiger partial charge >= 0.3 is 5.97 Å². The van der Waals surface area contributed by atoms with Crippen LogP contribution < -0.4 is 5.32 Å². The third-order valence-electron chi connectivity index (χ3n) is 6.13. The summed E-state index contributed by atoms with van der Waals surface area (Å²) in [6, 6.07) is 16.2. The minimum atomic E-state index is -0.987. The van der Waals surface area contributed by atoms with Crippen LogP contribution in [0.1, 0.15) is 55.5 Å². The Morgan fingerprint density at radius 1 is 1.16 bits per heavy atom. The van der Waals surface area contributed by atoms with Gasteiger partial charge in [0, 0.05) is 18.2 Å². The molecule has 0 spiro atoms. The van der Waals surface area contributed by atoms with Crippen LogP contribution in [-0.4, -0.2) is 41.0 Å². The fraction of sp³-hybridized carbons (Fsp3) is 0.444. The maximum Gasteiger partial charge on any atom is 0.328 e. The second-order valence-corrected chi connectivity index (χ2v) is 9.44. The SMILES string of the molecule is C[C@@H](OC[C@H](O)CNC(C)(C)CC1Cc2ccccc2C1)c1ccccc1/C=C/C(=O)O. The van der Waals surface area contributed by atoms with Crippen molar-refractivity contribution in [1.29, 1.82) is 0 Å². The highest BCUT2D eigenvalue weighted by Crippen LogP contribution is 2.32. The Bertz CT molecular complexity index is 912. The molecule has 0 unspecified atom stereocenters. The topological polar surface area (TPSA) is 78.8 Å². The summed E-state index contributed by atoms with van der Waals surface area (Å²) in [7, 11) is 0. The maximum absolute atomic E-state index is 10.8. The summed E-state index contributed by atoms with van der Waals surface area (Å²) >= 11 is 0. The van der Waals surface area contributed by atoms with E-state index in [0.29, 0.717) is 12.5 Å². The summed E-state index contributed by atoms with van der Waals surface area (Å²) in [5.41, 5.74) is 4.55. The molecule has 1 aliphatic carbocycles. The van der Waals surface area contributed by atoms with Crippen LogP contribution in [0.3, 0.4) is 0 Å². The van der Waals surface area contributed by atoms with Gasteiger partial charge in [0.2, 0.25) is 0 Å². The van der Waals surface area contributed by atoms with Gasteiger partial charge in [-0.05, 0) is 74.3 Å². The van der Waals surface area contributed by atoms with Crippen molar-refractivity contribution in [2.45, 2.75) is 57.8 Å². The fourth-order valence-electron chi connectivity index (χ4n) is 4.58. The number of nitrogens with one attached hydrogen (secondary N) is 1. The Hall–Kier alpha value is -2.47. The number of hydrogen-bond donors (Lipinski definition) is 3. The number of aliphatic hydroxyl groups is 1. The summed E-state index contributed by atoms with van der Waals surface area (Å²) in [5.74, 6) is -0.363. The number of aliphatic hydroxyl groups excluding tert-OH is 1. The molecule has 0 heterocycles. The lowest BCUT2D eigenvalue weighted by atomic mass is 9.88. The number of ether oxygens (including phenoxy) is 1. The summed E-state index contributed by atoms with van der Waals surface area (Å²) < 4.78 is 5.91. The largest absolute Gasteiger partial charge is 0.478 e. The van der Waals surface area contributed by atoms with Gasteiger partial charge in [-0.2, -0.15) is 0 Å². The zero-order chi connectivity index (χ0) is 23.1. The maximum atomic E-state index is 10.8. The molecule has 5 heteroatoms. The fourth-order valence-corrected chi connectivity index (χ4v) is 4.58. The smallest absolute Gasteiger partial charge is 0.328 e. The molecule has 0 amide bonds. The highest BCUT2D eigenvalue weighted by Gasteiger charge is 2.28. The van der Waals surface area contributed by atoms with Crippen molar-refractivity contribution in [1.82, 2.24) is 5.32 Å². The number of benzene rings is 2. The molecule has 2 atom stereocenters. The van der Waals surface area contributed by atoms with Crippen molar-refractivity contribution in [3.8, 4) is 0 Å². The van der Waals surface area contributed by atoms with Gasteiger partial charge in [0.25, 0.3) is 0 Å². The third kappa shape index (κ3) is 7.02. The molecule has 2 aromatic rings. The number of aliphatic carboxylic acids is 1. The second-order valence-electron chi connectivity index (χ2n) is 9.44. The molecule has 5 nitrogen and oxygen atoms in total. The van der Waals surface area contributed by atoms with E-state index in [1.807, 2.05) is 31.2 Å². The molecule has 0 saturated heterocycles. The minimum absolute atomic E-state index is 0.0759. The van der Waals surface area contributed by atoms with E-state index in [2.05, 4.69) is 43.4 Å². The quantitative estimate of drug-likeness (QED) is 0.454. The number of carboxylic acid groups (broad SMARTS) is 1. The average Bonchev–Trinajstić information content (AvgIpc) is 3.16. The van der Waals surface area contributed by atoms with E-state index >= 15 is 0 Å². The molecule has 2 aromatic carbocycles. The van der Waals surface area contributed by atoms with Crippen molar-refractivity contribution in [3.63, 3.8) is 0 Å². The van der Waals surface area contributed by atoms with E-state index in [1.54, 1.807) is 6.08 Å². The molecule has 172 valence electrons. The van der Waals surface area contributed by atoms with Crippen molar-refractivity contribution < 1.29 is 19.7 Å². The number of fused-ring (bicyclic) bond motifs is 1. The molecule has 1 aliphatic rings. The van der Waals surface area contributed by atoms with Gasteiger partial charge < -0.3 is 20.3 Å².